The van der Waals surface area contributed by atoms with E-state index in [1.165, 1.54) is 18.9 Å². The lowest BCUT2D eigenvalue weighted by Crippen LogP contribution is -2.12. The zero-order valence-electron chi connectivity index (χ0n) is 19.8. The Balaban J connectivity index is 1.54. The van der Waals surface area contributed by atoms with Gasteiger partial charge in [0, 0.05) is 23.2 Å². The number of benzene rings is 3. The molecule has 8 nitrogen and oxygen atoms in total. The van der Waals surface area contributed by atoms with Gasteiger partial charge in [-0.3, -0.25) is 14.2 Å². The van der Waals surface area contributed by atoms with E-state index >= 15 is 0 Å². The molecular formula is C29H21N3O5. The van der Waals surface area contributed by atoms with Crippen molar-refractivity contribution in [3.05, 3.63) is 117 Å². The Morgan fingerprint density at radius 1 is 0.892 bits per heavy atom. The minimum atomic E-state index is -0.312. The first kappa shape index (κ1) is 22.5. The zero-order valence-corrected chi connectivity index (χ0v) is 19.8. The van der Waals surface area contributed by atoms with Crippen LogP contribution in [0.15, 0.2) is 97.9 Å². The van der Waals surface area contributed by atoms with Crippen LogP contribution in [0.1, 0.15) is 23.6 Å². The minimum Gasteiger partial charge on any atom is -0.507 e. The average molecular weight is 492 g/mol. The van der Waals surface area contributed by atoms with Crippen molar-refractivity contribution >= 4 is 21.9 Å². The molecule has 6 aromatic rings. The molecule has 1 N–H and O–H groups in total. The molecular weight excluding hydrogens is 470 g/mol. The Morgan fingerprint density at radius 2 is 1.68 bits per heavy atom. The fourth-order valence-corrected chi connectivity index (χ4v) is 4.61. The molecule has 0 aliphatic rings. The van der Waals surface area contributed by atoms with Gasteiger partial charge < -0.3 is 13.9 Å². The fraction of sp³-hybridized carbons (Fsp3) is 0.103. The number of aromatic nitrogens is 3. The van der Waals surface area contributed by atoms with Gasteiger partial charge in [-0.15, -0.1) is 10.2 Å². The number of nitrogens with zero attached hydrogens (tertiary/aromatic N) is 3. The monoisotopic (exact) mass is 491 g/mol. The molecule has 3 heterocycles. The van der Waals surface area contributed by atoms with E-state index in [9.17, 15) is 14.7 Å². The molecule has 0 amide bonds. The van der Waals surface area contributed by atoms with Gasteiger partial charge in [0.15, 0.2) is 11.3 Å². The molecule has 0 unspecified atom stereocenters. The number of fused-ring (bicyclic) bond motifs is 2. The van der Waals surface area contributed by atoms with Crippen molar-refractivity contribution in [2.45, 2.75) is 19.8 Å². The van der Waals surface area contributed by atoms with Gasteiger partial charge in [0.05, 0.1) is 17.0 Å². The van der Waals surface area contributed by atoms with Crippen LogP contribution in [-0.4, -0.2) is 19.9 Å². The van der Waals surface area contributed by atoms with Crippen LogP contribution >= 0.6 is 0 Å². The number of phenolic OH excluding ortho intramolecular Hbond substituents is 1. The Bertz CT molecular complexity index is 1900. The largest absolute Gasteiger partial charge is 0.507 e. The molecule has 0 aliphatic carbocycles. The predicted octanol–water partition coefficient (Wildman–Crippen LogP) is 5.01. The van der Waals surface area contributed by atoms with E-state index in [2.05, 4.69) is 10.2 Å². The summed E-state index contributed by atoms with van der Waals surface area (Å²) in [6, 6.07) is 18.0. The van der Waals surface area contributed by atoms with Crippen molar-refractivity contribution in [3.63, 3.8) is 0 Å². The van der Waals surface area contributed by atoms with Crippen LogP contribution in [0.5, 0.6) is 5.75 Å². The number of aryl methyl sites for hydroxylation is 1. The highest BCUT2D eigenvalue weighted by molar-refractivity contribution is 5.87. The lowest BCUT2D eigenvalue weighted by molar-refractivity contribution is 0.461. The van der Waals surface area contributed by atoms with E-state index in [1.54, 1.807) is 34.9 Å². The first-order valence-electron chi connectivity index (χ1n) is 11.8. The summed E-state index contributed by atoms with van der Waals surface area (Å²) in [5, 5.41) is 20.0. The van der Waals surface area contributed by atoms with Crippen molar-refractivity contribution in [2.24, 2.45) is 0 Å². The van der Waals surface area contributed by atoms with Crippen molar-refractivity contribution < 1.29 is 13.9 Å². The normalized spacial score (nSPS) is 11.4. The van der Waals surface area contributed by atoms with Gasteiger partial charge in [-0.25, -0.2) is 0 Å². The molecule has 3 aromatic heterocycles. The van der Waals surface area contributed by atoms with Gasteiger partial charge in [0.1, 0.15) is 35.1 Å². The molecule has 0 saturated heterocycles. The van der Waals surface area contributed by atoms with E-state index in [0.29, 0.717) is 39.9 Å². The van der Waals surface area contributed by atoms with Crippen LogP contribution in [-0.2, 0) is 12.8 Å². The van der Waals surface area contributed by atoms with E-state index in [-0.39, 0.29) is 39.6 Å². The van der Waals surface area contributed by atoms with Gasteiger partial charge in [-0.05, 0) is 42.3 Å². The highest BCUT2D eigenvalue weighted by Gasteiger charge is 2.22. The van der Waals surface area contributed by atoms with Gasteiger partial charge in [-0.2, -0.15) is 0 Å². The number of hydrogen-bond acceptors (Lipinski definition) is 7. The third-order valence-corrected chi connectivity index (χ3v) is 6.53. The van der Waals surface area contributed by atoms with Crippen LogP contribution in [0, 0.1) is 0 Å². The third-order valence-electron chi connectivity index (χ3n) is 6.53. The van der Waals surface area contributed by atoms with E-state index in [1.807, 2.05) is 37.3 Å². The Morgan fingerprint density at radius 3 is 2.49 bits per heavy atom. The lowest BCUT2D eigenvalue weighted by atomic mass is 9.96. The molecule has 6 rings (SSSR count). The van der Waals surface area contributed by atoms with Crippen molar-refractivity contribution in [1.29, 1.82) is 0 Å². The fourth-order valence-electron chi connectivity index (χ4n) is 4.61. The molecule has 182 valence electrons. The molecule has 0 fully saturated rings. The summed E-state index contributed by atoms with van der Waals surface area (Å²) < 4.78 is 13.3. The zero-order chi connectivity index (χ0) is 25.5. The summed E-state index contributed by atoms with van der Waals surface area (Å²) in [4.78, 5) is 26.9. The van der Waals surface area contributed by atoms with Crippen molar-refractivity contribution in [3.8, 4) is 22.8 Å². The third kappa shape index (κ3) is 3.70. The van der Waals surface area contributed by atoms with E-state index in [0.717, 1.165) is 5.69 Å². The maximum atomic E-state index is 13.7. The van der Waals surface area contributed by atoms with E-state index in [4.69, 9.17) is 8.83 Å². The molecule has 0 bridgehead atoms. The van der Waals surface area contributed by atoms with Gasteiger partial charge >= 0.3 is 0 Å². The van der Waals surface area contributed by atoms with Gasteiger partial charge in [-0.1, -0.05) is 37.3 Å². The Kier molecular flexibility index (Phi) is 5.41. The molecule has 0 radical (unpaired) electrons. The number of aromatic hydroxyl groups is 1. The summed E-state index contributed by atoms with van der Waals surface area (Å²) in [5.74, 6) is 0.329. The van der Waals surface area contributed by atoms with Gasteiger partial charge in [0.2, 0.25) is 5.43 Å². The summed E-state index contributed by atoms with van der Waals surface area (Å²) >= 11 is 0. The number of hydrogen-bond donors (Lipinski definition) is 1. The summed E-state index contributed by atoms with van der Waals surface area (Å²) in [7, 11) is 0. The molecule has 0 saturated carbocycles. The lowest BCUT2D eigenvalue weighted by Gasteiger charge is -2.13. The first-order chi connectivity index (χ1) is 18.1. The second kappa shape index (κ2) is 8.91. The quantitative estimate of drug-likeness (QED) is 0.361. The second-order valence-corrected chi connectivity index (χ2v) is 8.69. The number of rotatable bonds is 5. The standard InChI is InChI=1S/C29H21N3O5/c1-2-17-12-22-27(35)23(29-31-30-16-32(29)19-8-4-3-5-9-19)15-37-28(22)21(25(17)33)13-18-14-36-24-11-7-6-10-20(24)26(18)34/h3-12,14-16,33H,2,13H2,1H3. The molecule has 8 heteroatoms. The topological polar surface area (TPSA) is 111 Å². The van der Waals surface area contributed by atoms with Crippen molar-refractivity contribution in [1.82, 2.24) is 14.8 Å². The van der Waals surface area contributed by atoms with Crippen LogP contribution in [0.3, 0.4) is 0 Å². The number of para-hydroxylation sites is 2. The smallest absolute Gasteiger partial charge is 0.203 e. The molecule has 37 heavy (non-hydrogen) atoms. The number of phenols is 1. The summed E-state index contributed by atoms with van der Waals surface area (Å²) in [6.45, 7) is 1.88. The maximum Gasteiger partial charge on any atom is 0.203 e. The molecule has 0 spiro atoms. The summed E-state index contributed by atoms with van der Waals surface area (Å²) in [6.07, 6.45) is 4.76. The maximum absolute atomic E-state index is 13.7. The minimum absolute atomic E-state index is 0.00842. The van der Waals surface area contributed by atoms with Crippen LogP contribution < -0.4 is 10.9 Å². The predicted molar refractivity (Wildman–Crippen MR) is 139 cm³/mol. The second-order valence-electron chi connectivity index (χ2n) is 8.69. The average Bonchev–Trinajstić information content (AvgIpc) is 3.42. The van der Waals surface area contributed by atoms with Crippen LogP contribution in [0.4, 0.5) is 0 Å². The van der Waals surface area contributed by atoms with Gasteiger partial charge in [0.25, 0.3) is 0 Å². The van der Waals surface area contributed by atoms with Crippen molar-refractivity contribution in [2.75, 3.05) is 0 Å². The molecule has 0 atom stereocenters. The van der Waals surface area contributed by atoms with Crippen LogP contribution in [0.2, 0.25) is 0 Å². The summed E-state index contributed by atoms with van der Waals surface area (Å²) in [5.41, 5.74) is 2.47. The Hall–Kier alpha value is -4.98. The first-order valence-corrected chi connectivity index (χ1v) is 11.8. The van der Waals surface area contributed by atoms with E-state index < -0.39 is 0 Å². The Labute approximate surface area is 210 Å². The molecule has 3 aromatic carbocycles. The highest BCUT2D eigenvalue weighted by Crippen LogP contribution is 2.33. The molecule has 0 aliphatic heterocycles. The SMILES string of the molecule is CCc1cc2c(=O)c(-c3nncn3-c3ccccc3)coc2c(Cc2coc3ccccc3c2=O)c1O. The highest BCUT2D eigenvalue weighted by atomic mass is 16.3. The van der Waals surface area contributed by atoms with Crippen LogP contribution in [0.25, 0.3) is 39.0 Å².